The van der Waals surface area contributed by atoms with Crippen LogP contribution in [0.4, 0.5) is 17.1 Å². The smallest absolute Gasteiger partial charge is 0.100 e. The molecule has 2 aromatic carbocycles. The van der Waals surface area contributed by atoms with Crippen molar-refractivity contribution in [1.82, 2.24) is 0 Å². The molecule has 0 spiro atoms. The van der Waals surface area contributed by atoms with E-state index in [1.165, 1.54) is 0 Å². The van der Waals surface area contributed by atoms with E-state index in [1.54, 1.807) is 6.07 Å². The van der Waals surface area contributed by atoms with Gasteiger partial charge in [-0.3, -0.25) is 0 Å². The van der Waals surface area contributed by atoms with E-state index in [-0.39, 0.29) is 0 Å². The van der Waals surface area contributed by atoms with Crippen LogP contribution in [0.3, 0.4) is 0 Å². The lowest BCUT2D eigenvalue weighted by Gasteiger charge is -2.14. The Hall–Kier alpha value is -1.99. The predicted molar refractivity (Wildman–Crippen MR) is 82.9 cm³/mol. The van der Waals surface area contributed by atoms with Crippen molar-refractivity contribution >= 4 is 33.0 Å². The molecule has 0 radical (unpaired) electrons. The van der Waals surface area contributed by atoms with Gasteiger partial charge in [0.1, 0.15) is 6.07 Å². The number of rotatable bonds is 3. The summed E-state index contributed by atoms with van der Waals surface area (Å²) in [5.74, 6) is 0. The molecule has 0 heterocycles. The third-order valence-electron chi connectivity index (χ3n) is 2.74. The molecule has 2 rings (SSSR count). The highest BCUT2D eigenvalue weighted by Crippen LogP contribution is 2.25. The van der Waals surface area contributed by atoms with Gasteiger partial charge in [-0.15, -0.1) is 0 Å². The molecule has 0 unspecified atom stereocenters. The summed E-state index contributed by atoms with van der Waals surface area (Å²) < 4.78 is 0.795. The Morgan fingerprint density at radius 2 is 1.84 bits per heavy atom. The molecule has 0 bridgehead atoms. The monoisotopic (exact) mass is 315 g/mol. The second-order valence-corrected chi connectivity index (χ2v) is 5.23. The highest BCUT2D eigenvalue weighted by atomic mass is 79.9. The Kier molecular flexibility index (Phi) is 4.08. The van der Waals surface area contributed by atoms with Crippen LogP contribution in [0.1, 0.15) is 5.56 Å². The molecule has 0 saturated carbocycles. The zero-order valence-electron chi connectivity index (χ0n) is 10.8. The second-order valence-electron chi connectivity index (χ2n) is 4.38. The Bertz CT molecular complexity index is 630. The fourth-order valence-electron chi connectivity index (χ4n) is 1.71. The normalized spacial score (nSPS) is 9.79. The van der Waals surface area contributed by atoms with E-state index in [1.807, 2.05) is 38.4 Å². The zero-order valence-corrected chi connectivity index (χ0v) is 12.4. The minimum Gasteiger partial charge on any atom is -0.378 e. The molecule has 0 fully saturated rings. The van der Waals surface area contributed by atoms with Gasteiger partial charge in [-0.2, -0.15) is 5.26 Å². The summed E-state index contributed by atoms with van der Waals surface area (Å²) in [5.41, 5.74) is 3.73. The highest BCUT2D eigenvalue weighted by molar-refractivity contribution is 9.10. The van der Waals surface area contributed by atoms with Gasteiger partial charge in [-0.05, 0) is 52.3 Å². The fourth-order valence-corrected chi connectivity index (χ4v) is 2.18. The van der Waals surface area contributed by atoms with Gasteiger partial charge in [-0.25, -0.2) is 0 Å². The number of halogens is 1. The highest BCUT2D eigenvalue weighted by Gasteiger charge is 2.02. The molecular weight excluding hydrogens is 302 g/mol. The second kappa shape index (κ2) is 5.77. The fraction of sp³-hybridized carbons (Fsp3) is 0.133. The molecule has 96 valence electrons. The first-order chi connectivity index (χ1) is 9.10. The molecule has 0 saturated heterocycles. The van der Waals surface area contributed by atoms with E-state index in [2.05, 4.69) is 44.3 Å². The topological polar surface area (TPSA) is 39.1 Å². The van der Waals surface area contributed by atoms with E-state index in [9.17, 15) is 0 Å². The van der Waals surface area contributed by atoms with Crippen LogP contribution in [-0.4, -0.2) is 14.1 Å². The van der Waals surface area contributed by atoms with Gasteiger partial charge >= 0.3 is 0 Å². The maximum Gasteiger partial charge on any atom is 0.100 e. The van der Waals surface area contributed by atoms with Crippen LogP contribution < -0.4 is 10.2 Å². The van der Waals surface area contributed by atoms with Gasteiger partial charge in [0.05, 0.1) is 5.56 Å². The Balaban J connectivity index is 2.24. The molecule has 4 heteroatoms. The number of nitrogens with one attached hydrogen (secondary N) is 1. The lowest BCUT2D eigenvalue weighted by atomic mass is 10.2. The first kappa shape index (κ1) is 13.4. The summed E-state index contributed by atoms with van der Waals surface area (Å²) in [7, 11) is 4.02. The van der Waals surface area contributed by atoms with Crippen molar-refractivity contribution in [2.24, 2.45) is 0 Å². The van der Waals surface area contributed by atoms with Crippen LogP contribution in [0.15, 0.2) is 46.9 Å². The quantitative estimate of drug-likeness (QED) is 0.925. The molecule has 0 aromatic heterocycles. The predicted octanol–water partition coefficient (Wildman–Crippen LogP) is 4.13. The molecule has 0 amide bonds. The van der Waals surface area contributed by atoms with Crippen molar-refractivity contribution < 1.29 is 0 Å². The molecule has 0 aliphatic heterocycles. The van der Waals surface area contributed by atoms with Gasteiger partial charge in [-0.1, -0.05) is 6.07 Å². The van der Waals surface area contributed by atoms with Crippen molar-refractivity contribution in [1.29, 1.82) is 5.26 Å². The molecule has 1 N–H and O–H groups in total. The van der Waals surface area contributed by atoms with Crippen LogP contribution in [-0.2, 0) is 0 Å². The molecule has 0 aliphatic rings. The number of hydrogen-bond donors (Lipinski definition) is 1. The number of benzene rings is 2. The lowest BCUT2D eigenvalue weighted by molar-refractivity contribution is 1.13. The van der Waals surface area contributed by atoms with Crippen molar-refractivity contribution in [3.8, 4) is 6.07 Å². The summed E-state index contributed by atoms with van der Waals surface area (Å²) in [4.78, 5) is 2.06. The minimum atomic E-state index is 0.632. The van der Waals surface area contributed by atoms with Crippen LogP contribution in [0.25, 0.3) is 0 Å². The van der Waals surface area contributed by atoms with E-state index in [0.29, 0.717) is 5.56 Å². The van der Waals surface area contributed by atoms with Crippen molar-refractivity contribution in [2.75, 3.05) is 24.3 Å². The van der Waals surface area contributed by atoms with Gasteiger partial charge in [0.15, 0.2) is 0 Å². The summed E-state index contributed by atoms with van der Waals surface area (Å²) in [5, 5.41) is 12.2. The van der Waals surface area contributed by atoms with Crippen molar-refractivity contribution in [3.05, 3.63) is 52.5 Å². The number of anilines is 3. The largest absolute Gasteiger partial charge is 0.378 e. The lowest BCUT2D eigenvalue weighted by Crippen LogP contribution is -2.08. The van der Waals surface area contributed by atoms with Crippen LogP contribution in [0.5, 0.6) is 0 Å². The summed E-state index contributed by atoms with van der Waals surface area (Å²) in [6.07, 6.45) is 0. The van der Waals surface area contributed by atoms with Crippen molar-refractivity contribution in [2.45, 2.75) is 0 Å². The van der Waals surface area contributed by atoms with Crippen LogP contribution >= 0.6 is 15.9 Å². The number of hydrogen-bond acceptors (Lipinski definition) is 3. The Morgan fingerprint density at radius 1 is 1.11 bits per heavy atom. The zero-order chi connectivity index (χ0) is 13.8. The van der Waals surface area contributed by atoms with Gasteiger partial charge in [0.25, 0.3) is 0 Å². The third kappa shape index (κ3) is 3.27. The van der Waals surface area contributed by atoms with Crippen LogP contribution in [0, 0.1) is 11.3 Å². The maximum atomic E-state index is 8.89. The van der Waals surface area contributed by atoms with Crippen LogP contribution in [0.2, 0.25) is 0 Å². The Labute approximate surface area is 121 Å². The summed E-state index contributed by atoms with van der Waals surface area (Å²) in [6, 6.07) is 15.9. The number of nitriles is 1. The van der Waals surface area contributed by atoms with E-state index >= 15 is 0 Å². The molecule has 19 heavy (non-hydrogen) atoms. The van der Waals surface area contributed by atoms with Gasteiger partial charge in [0, 0.05) is 35.6 Å². The average molecular weight is 316 g/mol. The van der Waals surface area contributed by atoms with Crippen molar-refractivity contribution in [3.63, 3.8) is 0 Å². The molecule has 0 atom stereocenters. The summed E-state index contributed by atoms with van der Waals surface area (Å²) in [6.45, 7) is 0. The standard InChI is InChI=1S/C15H14BrN3/c1-19(2)14-5-3-4-12(8-14)18-13-7-6-11(10-17)15(16)9-13/h3-9,18H,1-2H3. The third-order valence-corrected chi connectivity index (χ3v) is 3.40. The van der Waals surface area contributed by atoms with E-state index in [4.69, 9.17) is 5.26 Å². The molecule has 3 nitrogen and oxygen atoms in total. The first-order valence-electron chi connectivity index (χ1n) is 5.84. The van der Waals surface area contributed by atoms with E-state index < -0.39 is 0 Å². The summed E-state index contributed by atoms with van der Waals surface area (Å²) >= 11 is 3.39. The van der Waals surface area contributed by atoms with Gasteiger partial charge < -0.3 is 10.2 Å². The number of nitrogens with zero attached hydrogens (tertiary/aromatic N) is 2. The minimum absolute atomic E-state index is 0.632. The average Bonchev–Trinajstić information content (AvgIpc) is 2.39. The molecule has 2 aromatic rings. The maximum absolute atomic E-state index is 8.89. The molecular formula is C15H14BrN3. The first-order valence-corrected chi connectivity index (χ1v) is 6.63. The van der Waals surface area contributed by atoms with Gasteiger partial charge in [0.2, 0.25) is 0 Å². The SMILES string of the molecule is CN(C)c1cccc(Nc2ccc(C#N)c(Br)c2)c1. The van der Waals surface area contributed by atoms with E-state index in [0.717, 1.165) is 21.5 Å². The molecule has 0 aliphatic carbocycles. The Morgan fingerprint density at radius 3 is 2.47 bits per heavy atom.